The molecule has 1 saturated heterocycles. The Kier molecular flexibility index (Phi) is 60.4. The van der Waals surface area contributed by atoms with Crippen LogP contribution >= 0.6 is 0 Å². The van der Waals surface area contributed by atoms with Crippen LogP contribution in [0.4, 0.5) is 0 Å². The molecule has 1 heterocycles. The molecule has 0 radical (unpaired) electrons. The van der Waals surface area contributed by atoms with Crippen molar-refractivity contribution in [3.8, 4) is 0 Å². The molecule has 0 aromatic heterocycles. The fourth-order valence-corrected chi connectivity index (χ4v) is 11.1. The van der Waals surface area contributed by atoms with Crippen molar-refractivity contribution in [3.63, 3.8) is 0 Å². The predicted molar refractivity (Wildman–Crippen MR) is 364 cm³/mol. The van der Waals surface area contributed by atoms with E-state index in [1.54, 1.807) is 6.08 Å². The summed E-state index contributed by atoms with van der Waals surface area (Å²) in [5.74, 6) is -0.177. The number of hydrogen-bond donors (Lipinski definition) is 6. The molecule has 7 unspecified atom stereocenters. The zero-order chi connectivity index (χ0) is 61.4. The fourth-order valence-electron chi connectivity index (χ4n) is 11.1. The molecule has 0 bridgehead atoms. The zero-order valence-electron chi connectivity index (χ0n) is 55.1. The highest BCUT2D eigenvalue weighted by Crippen LogP contribution is 2.23. The molecular formula is C76H135NO8. The topological polar surface area (TPSA) is 149 Å². The van der Waals surface area contributed by atoms with Crippen molar-refractivity contribution in [2.24, 2.45) is 0 Å². The van der Waals surface area contributed by atoms with E-state index in [4.69, 9.17) is 9.47 Å². The molecule has 9 heteroatoms. The summed E-state index contributed by atoms with van der Waals surface area (Å²) >= 11 is 0. The van der Waals surface area contributed by atoms with Crippen molar-refractivity contribution in [1.82, 2.24) is 5.32 Å². The number of aliphatic hydroxyl groups is 5. The van der Waals surface area contributed by atoms with Crippen LogP contribution in [0.25, 0.3) is 0 Å². The van der Waals surface area contributed by atoms with Gasteiger partial charge in [0, 0.05) is 6.42 Å². The second-order valence-corrected chi connectivity index (χ2v) is 24.7. The van der Waals surface area contributed by atoms with Gasteiger partial charge in [0.05, 0.1) is 25.4 Å². The number of amides is 1. The number of ether oxygens (including phenoxy) is 2. The lowest BCUT2D eigenvalue weighted by atomic mass is 9.99. The number of rotatable bonds is 62. The van der Waals surface area contributed by atoms with Gasteiger partial charge in [0.2, 0.25) is 5.91 Å². The smallest absolute Gasteiger partial charge is 0.220 e. The SMILES string of the molecule is CC/C=C\C/C=C\C/C=C\C/C=C\C/C=C\C/C=C\C/C=C\CCCCCCCCCCCCCCCC(=O)NC(COC1OC(CO)C(O)C(O)C1O)C(O)/C=C/CCCCCCCCCCCCCCCCCCCCCCCCCCC. The van der Waals surface area contributed by atoms with Crippen LogP contribution in [0, 0.1) is 0 Å². The number of aliphatic hydroxyl groups excluding tert-OH is 5. The van der Waals surface area contributed by atoms with Crippen molar-refractivity contribution in [2.45, 2.75) is 365 Å². The minimum atomic E-state index is -1.57. The molecule has 1 fully saturated rings. The summed E-state index contributed by atoms with van der Waals surface area (Å²) in [6.07, 6.45) is 86.5. The number of unbranched alkanes of at least 4 members (excludes halogenated alkanes) is 38. The van der Waals surface area contributed by atoms with E-state index in [0.29, 0.717) is 6.42 Å². The average Bonchev–Trinajstić information content (AvgIpc) is 3.71. The van der Waals surface area contributed by atoms with Crippen molar-refractivity contribution in [1.29, 1.82) is 0 Å². The highest BCUT2D eigenvalue weighted by Gasteiger charge is 2.44. The van der Waals surface area contributed by atoms with Gasteiger partial charge in [-0.15, -0.1) is 0 Å². The first-order valence-corrected chi connectivity index (χ1v) is 36.0. The largest absolute Gasteiger partial charge is 0.394 e. The molecular weight excluding hydrogens is 1050 g/mol. The first kappa shape index (κ1) is 80.1. The molecule has 1 aliphatic rings. The third kappa shape index (κ3) is 52.7. The van der Waals surface area contributed by atoms with Gasteiger partial charge in [0.15, 0.2) is 6.29 Å². The van der Waals surface area contributed by atoms with Gasteiger partial charge in [-0.3, -0.25) is 4.79 Å². The minimum Gasteiger partial charge on any atom is -0.394 e. The first-order chi connectivity index (χ1) is 41.8. The molecule has 9 nitrogen and oxygen atoms in total. The van der Waals surface area contributed by atoms with Crippen molar-refractivity contribution >= 4 is 5.91 Å². The normalized spacial score (nSPS) is 18.7. The van der Waals surface area contributed by atoms with Crippen LogP contribution in [0.1, 0.15) is 322 Å². The number of hydrogen-bond acceptors (Lipinski definition) is 8. The van der Waals surface area contributed by atoms with E-state index in [-0.39, 0.29) is 12.5 Å². The summed E-state index contributed by atoms with van der Waals surface area (Å²) in [7, 11) is 0. The van der Waals surface area contributed by atoms with Crippen LogP contribution < -0.4 is 5.32 Å². The van der Waals surface area contributed by atoms with E-state index < -0.39 is 49.5 Å². The van der Waals surface area contributed by atoms with Crippen LogP contribution in [0.3, 0.4) is 0 Å². The molecule has 0 aromatic rings. The summed E-state index contributed by atoms with van der Waals surface area (Å²) in [5, 5.41) is 54.8. The van der Waals surface area contributed by atoms with Gasteiger partial charge < -0.3 is 40.3 Å². The lowest BCUT2D eigenvalue weighted by molar-refractivity contribution is -0.302. The van der Waals surface area contributed by atoms with Crippen LogP contribution in [-0.4, -0.2) is 87.5 Å². The zero-order valence-corrected chi connectivity index (χ0v) is 55.1. The Balaban J connectivity index is 2.14. The van der Waals surface area contributed by atoms with E-state index in [1.807, 2.05) is 6.08 Å². The summed E-state index contributed by atoms with van der Waals surface area (Å²) in [4.78, 5) is 13.1. The highest BCUT2D eigenvalue weighted by atomic mass is 16.7. The quantitative estimate of drug-likeness (QED) is 0.0261. The standard InChI is InChI=1S/C76H135NO8/c1-3-5-7-9-11-13-15-17-19-21-23-25-27-29-31-32-33-34-35-36-37-38-40-42-44-46-48-50-52-54-56-58-60-62-64-66-72(80)77-69(68-84-76-75(83)74(82)73(81)71(67-78)85-76)70(79)65-63-61-59-57-55-53-51-49-47-45-43-41-39-30-28-26-24-22-20-18-16-14-12-10-8-6-4-2/h5,7,11,13,17,19,23,25,29,31,33-34,36-37,63,65,69-71,73-76,78-79,81-83H,3-4,6,8-10,12,14-16,18,20-22,24,26-28,30,32,35,38-62,64,66-68H2,1-2H3,(H,77,80)/b7-5-,13-11-,19-17-,25-23-,31-29-,34-33-,37-36-,65-63+. The predicted octanol–water partition coefficient (Wildman–Crippen LogP) is 19.9. The van der Waals surface area contributed by atoms with Crippen LogP contribution in [-0.2, 0) is 14.3 Å². The molecule has 0 spiro atoms. The van der Waals surface area contributed by atoms with Gasteiger partial charge in [-0.05, 0) is 77.0 Å². The Bertz CT molecular complexity index is 1670. The molecule has 7 atom stereocenters. The van der Waals surface area contributed by atoms with E-state index in [1.165, 1.54) is 218 Å². The number of allylic oxidation sites excluding steroid dienone is 15. The number of carbonyl (C=O) groups is 1. The first-order valence-electron chi connectivity index (χ1n) is 36.0. The molecule has 6 N–H and O–H groups in total. The minimum absolute atomic E-state index is 0.177. The lowest BCUT2D eigenvalue weighted by Gasteiger charge is -2.40. The molecule has 1 rings (SSSR count). The van der Waals surface area contributed by atoms with Gasteiger partial charge >= 0.3 is 0 Å². The Morgan fingerprint density at radius 2 is 0.729 bits per heavy atom. The average molecular weight is 1190 g/mol. The van der Waals surface area contributed by atoms with Gasteiger partial charge in [-0.25, -0.2) is 0 Å². The van der Waals surface area contributed by atoms with E-state index in [0.717, 1.165) is 83.5 Å². The second kappa shape index (κ2) is 64.1. The monoisotopic (exact) mass is 1190 g/mol. The highest BCUT2D eigenvalue weighted by molar-refractivity contribution is 5.76. The van der Waals surface area contributed by atoms with Gasteiger partial charge in [0.25, 0.3) is 0 Å². The summed E-state index contributed by atoms with van der Waals surface area (Å²) < 4.78 is 11.3. The maximum absolute atomic E-state index is 13.1. The van der Waals surface area contributed by atoms with Crippen LogP contribution in [0.5, 0.6) is 0 Å². The molecule has 0 aromatic carbocycles. The Labute approximate surface area is 523 Å². The van der Waals surface area contributed by atoms with E-state index in [9.17, 15) is 30.3 Å². The third-order valence-electron chi connectivity index (χ3n) is 16.7. The van der Waals surface area contributed by atoms with Gasteiger partial charge in [-0.2, -0.15) is 0 Å². The third-order valence-corrected chi connectivity index (χ3v) is 16.7. The van der Waals surface area contributed by atoms with Crippen molar-refractivity contribution in [3.05, 3.63) is 97.2 Å². The Morgan fingerprint density at radius 3 is 1.08 bits per heavy atom. The van der Waals surface area contributed by atoms with Gasteiger partial charge in [0.1, 0.15) is 24.4 Å². The van der Waals surface area contributed by atoms with Crippen molar-refractivity contribution < 1.29 is 39.8 Å². The summed E-state index contributed by atoms with van der Waals surface area (Å²) in [6.45, 7) is 3.70. The number of nitrogens with one attached hydrogen (secondary N) is 1. The maximum Gasteiger partial charge on any atom is 0.220 e. The molecule has 1 aliphatic heterocycles. The van der Waals surface area contributed by atoms with E-state index >= 15 is 0 Å². The molecule has 0 saturated carbocycles. The fraction of sp³-hybridized carbons (Fsp3) is 0.776. The van der Waals surface area contributed by atoms with Crippen molar-refractivity contribution in [2.75, 3.05) is 13.2 Å². The Morgan fingerprint density at radius 1 is 0.412 bits per heavy atom. The molecule has 0 aliphatic carbocycles. The van der Waals surface area contributed by atoms with Crippen LogP contribution in [0.2, 0.25) is 0 Å². The molecule has 492 valence electrons. The molecule has 85 heavy (non-hydrogen) atoms. The summed E-state index contributed by atoms with van der Waals surface area (Å²) in [5.41, 5.74) is 0. The maximum atomic E-state index is 13.1. The Hall–Kier alpha value is -2.89. The van der Waals surface area contributed by atoms with E-state index in [2.05, 4.69) is 104 Å². The van der Waals surface area contributed by atoms with Crippen LogP contribution in [0.15, 0.2) is 97.2 Å². The molecule has 1 amide bonds. The summed E-state index contributed by atoms with van der Waals surface area (Å²) in [6, 6.07) is -0.813. The lowest BCUT2D eigenvalue weighted by Crippen LogP contribution is -2.60. The van der Waals surface area contributed by atoms with Gasteiger partial charge in [-0.1, -0.05) is 336 Å². The number of carbonyl (C=O) groups excluding carboxylic acids is 1. The second-order valence-electron chi connectivity index (χ2n) is 24.7.